The number of hydrogen-bond acceptors (Lipinski definition) is 6. The molecular weight excluding hydrogens is 409 g/mol. The number of halogens is 3. The third kappa shape index (κ3) is 5.33. The zero-order valence-electron chi connectivity index (χ0n) is 17.0. The van der Waals surface area contributed by atoms with Crippen LogP contribution in [0.4, 0.5) is 19.1 Å². The summed E-state index contributed by atoms with van der Waals surface area (Å²) < 4.78 is 37.9. The summed E-state index contributed by atoms with van der Waals surface area (Å²) in [6, 6.07) is 8.97. The zero-order chi connectivity index (χ0) is 22.4. The average Bonchev–Trinajstić information content (AvgIpc) is 2.78. The average molecular weight is 430 g/mol. The summed E-state index contributed by atoms with van der Waals surface area (Å²) in [5.74, 6) is -0.245. The maximum Gasteiger partial charge on any atom is 0.419 e. The first-order chi connectivity index (χ1) is 14.8. The highest BCUT2D eigenvalue weighted by Gasteiger charge is 2.31. The first-order valence-corrected chi connectivity index (χ1v) is 9.61. The van der Waals surface area contributed by atoms with Crippen molar-refractivity contribution in [1.29, 1.82) is 0 Å². The number of alkyl halides is 3. The van der Waals surface area contributed by atoms with E-state index in [0.29, 0.717) is 24.6 Å². The molecule has 1 N–H and O–H groups in total. The number of likely N-dealkylation sites (N-methyl/N-ethyl adjacent to an activating group) is 1. The van der Waals surface area contributed by atoms with Gasteiger partial charge in [-0.25, -0.2) is 15.0 Å². The molecule has 0 aliphatic carbocycles. The lowest BCUT2D eigenvalue weighted by Gasteiger charge is -2.28. The number of hydrogen-bond donors (Lipinski definition) is 1. The van der Waals surface area contributed by atoms with Crippen molar-refractivity contribution in [2.24, 2.45) is 0 Å². The van der Waals surface area contributed by atoms with Crippen molar-refractivity contribution in [3.8, 4) is 11.3 Å². The molecule has 3 rings (SSSR count). The smallest absolute Gasteiger partial charge is 0.352 e. The number of benzene rings is 1. The lowest BCUT2D eigenvalue weighted by Crippen LogP contribution is -2.43. The molecule has 3 aromatic rings. The number of carbonyl (C=O) groups excluding carboxylic acids is 1. The Balaban J connectivity index is 1.73. The van der Waals surface area contributed by atoms with Gasteiger partial charge in [-0.3, -0.25) is 9.78 Å². The van der Waals surface area contributed by atoms with Crippen molar-refractivity contribution in [3.63, 3.8) is 0 Å². The summed E-state index contributed by atoms with van der Waals surface area (Å²) in [7, 11) is 0. The van der Waals surface area contributed by atoms with Gasteiger partial charge in [0.05, 0.1) is 5.56 Å². The second kappa shape index (κ2) is 9.50. The molecule has 0 aliphatic heterocycles. The molecule has 10 heteroatoms. The van der Waals surface area contributed by atoms with Gasteiger partial charge in [0.1, 0.15) is 5.69 Å². The van der Waals surface area contributed by atoms with Crippen LogP contribution in [0.1, 0.15) is 29.9 Å². The van der Waals surface area contributed by atoms with E-state index in [1.807, 2.05) is 44.2 Å². The van der Waals surface area contributed by atoms with Gasteiger partial charge in [-0.15, -0.1) is 0 Å². The minimum absolute atomic E-state index is 0.0489. The van der Waals surface area contributed by atoms with Gasteiger partial charge < -0.3 is 10.2 Å². The molecule has 31 heavy (non-hydrogen) atoms. The Labute approximate surface area is 177 Å². The molecule has 1 aromatic carbocycles. The van der Waals surface area contributed by atoms with E-state index in [0.717, 1.165) is 5.56 Å². The molecule has 1 atom stereocenters. The number of amides is 1. The largest absolute Gasteiger partial charge is 0.419 e. The molecule has 162 valence electrons. The number of carbonyl (C=O) groups is 1. The molecule has 0 fully saturated rings. The predicted octanol–water partition coefficient (Wildman–Crippen LogP) is 3.92. The SMILES string of the molecule is CCN(C(=O)c1nccnc1-c1ccccc1)C(C)CNc1ncc(C(F)(F)F)cn1. The standard InChI is InChI=1S/C21H21F3N6O/c1-3-30(14(2)11-27-20-28-12-16(13-29-20)21(22,23)24)19(31)18-17(25-9-10-26-18)15-7-5-4-6-8-15/h4-10,12-14H,3,11H2,1-2H3,(H,27,28,29). The van der Waals surface area contributed by atoms with Crippen molar-refractivity contribution < 1.29 is 18.0 Å². The van der Waals surface area contributed by atoms with E-state index in [4.69, 9.17) is 0 Å². The van der Waals surface area contributed by atoms with E-state index < -0.39 is 11.7 Å². The highest BCUT2D eigenvalue weighted by molar-refractivity contribution is 5.98. The van der Waals surface area contributed by atoms with Crippen LogP contribution in [0, 0.1) is 0 Å². The van der Waals surface area contributed by atoms with Crippen LogP contribution in [0.3, 0.4) is 0 Å². The molecule has 0 aliphatic rings. The minimum Gasteiger partial charge on any atom is -0.352 e. The van der Waals surface area contributed by atoms with Crippen molar-refractivity contribution >= 4 is 11.9 Å². The monoisotopic (exact) mass is 430 g/mol. The Hall–Kier alpha value is -3.56. The topological polar surface area (TPSA) is 83.9 Å². The van der Waals surface area contributed by atoms with Crippen LogP contribution >= 0.6 is 0 Å². The van der Waals surface area contributed by atoms with E-state index >= 15 is 0 Å². The van der Waals surface area contributed by atoms with E-state index in [1.54, 1.807) is 4.90 Å². The Morgan fingerprint density at radius 3 is 2.32 bits per heavy atom. The highest BCUT2D eigenvalue weighted by atomic mass is 19.4. The molecule has 0 saturated heterocycles. The second-order valence-electron chi connectivity index (χ2n) is 6.73. The van der Waals surface area contributed by atoms with Gasteiger partial charge in [-0.1, -0.05) is 30.3 Å². The Morgan fingerprint density at radius 1 is 1.06 bits per heavy atom. The van der Waals surface area contributed by atoms with Crippen LogP contribution in [0.5, 0.6) is 0 Å². The Morgan fingerprint density at radius 2 is 1.71 bits per heavy atom. The van der Waals surface area contributed by atoms with E-state index in [2.05, 4.69) is 25.3 Å². The summed E-state index contributed by atoms with van der Waals surface area (Å²) in [4.78, 5) is 30.8. The number of anilines is 1. The lowest BCUT2D eigenvalue weighted by molar-refractivity contribution is -0.138. The van der Waals surface area contributed by atoms with Crippen LogP contribution < -0.4 is 5.32 Å². The third-order valence-electron chi connectivity index (χ3n) is 4.62. The quantitative estimate of drug-likeness (QED) is 0.612. The van der Waals surface area contributed by atoms with Crippen LogP contribution in [0.15, 0.2) is 55.1 Å². The summed E-state index contributed by atoms with van der Waals surface area (Å²) in [6.45, 7) is 4.30. The van der Waals surface area contributed by atoms with Crippen LogP contribution in [0.25, 0.3) is 11.3 Å². The summed E-state index contributed by atoms with van der Waals surface area (Å²) in [5.41, 5.74) is 0.567. The van der Waals surface area contributed by atoms with E-state index in [1.165, 1.54) is 12.4 Å². The molecule has 7 nitrogen and oxygen atoms in total. The Bertz CT molecular complexity index is 1010. The van der Waals surface area contributed by atoms with Crippen LogP contribution in [0.2, 0.25) is 0 Å². The normalized spacial score (nSPS) is 12.3. The van der Waals surface area contributed by atoms with Gasteiger partial charge in [0.2, 0.25) is 5.95 Å². The number of aromatic nitrogens is 4. The maximum absolute atomic E-state index is 13.2. The maximum atomic E-state index is 13.2. The van der Waals surface area contributed by atoms with Gasteiger partial charge in [0, 0.05) is 49.5 Å². The van der Waals surface area contributed by atoms with E-state index in [9.17, 15) is 18.0 Å². The highest BCUT2D eigenvalue weighted by Crippen LogP contribution is 2.28. The summed E-state index contributed by atoms with van der Waals surface area (Å²) >= 11 is 0. The van der Waals surface area contributed by atoms with Gasteiger partial charge >= 0.3 is 6.18 Å². The fourth-order valence-corrected chi connectivity index (χ4v) is 3.01. The third-order valence-corrected chi connectivity index (χ3v) is 4.62. The minimum atomic E-state index is -4.50. The molecule has 1 unspecified atom stereocenters. The first-order valence-electron chi connectivity index (χ1n) is 9.61. The zero-order valence-corrected chi connectivity index (χ0v) is 17.0. The fourth-order valence-electron chi connectivity index (χ4n) is 3.01. The van der Waals surface area contributed by atoms with E-state index in [-0.39, 0.29) is 30.1 Å². The number of nitrogens with one attached hydrogen (secondary N) is 1. The molecule has 0 spiro atoms. The summed E-state index contributed by atoms with van der Waals surface area (Å²) in [6.07, 6.45) is -0.0674. The molecule has 1 amide bonds. The first kappa shape index (κ1) is 22.1. The molecule has 0 radical (unpaired) electrons. The van der Waals surface area contributed by atoms with Crippen LogP contribution in [-0.2, 0) is 6.18 Å². The summed E-state index contributed by atoms with van der Waals surface area (Å²) in [5, 5.41) is 2.87. The van der Waals surface area contributed by atoms with Gasteiger partial charge in [0.25, 0.3) is 5.91 Å². The van der Waals surface area contributed by atoms with Crippen molar-refractivity contribution in [2.45, 2.75) is 26.1 Å². The molecule has 0 bridgehead atoms. The molecule has 2 aromatic heterocycles. The van der Waals surface area contributed by atoms with Crippen molar-refractivity contribution in [3.05, 3.63) is 66.4 Å². The predicted molar refractivity (Wildman–Crippen MR) is 109 cm³/mol. The number of nitrogens with zero attached hydrogens (tertiary/aromatic N) is 5. The van der Waals surface area contributed by atoms with Gasteiger partial charge in [-0.05, 0) is 13.8 Å². The van der Waals surface area contributed by atoms with Gasteiger partial charge in [0.15, 0.2) is 5.69 Å². The van der Waals surface area contributed by atoms with Crippen LogP contribution in [-0.4, -0.2) is 49.9 Å². The molecular formula is C21H21F3N6O. The second-order valence-corrected chi connectivity index (χ2v) is 6.73. The van der Waals surface area contributed by atoms with Gasteiger partial charge in [-0.2, -0.15) is 13.2 Å². The lowest BCUT2D eigenvalue weighted by atomic mass is 10.1. The Kier molecular flexibility index (Phi) is 6.78. The van der Waals surface area contributed by atoms with Crippen molar-refractivity contribution in [2.75, 3.05) is 18.4 Å². The van der Waals surface area contributed by atoms with Crippen molar-refractivity contribution in [1.82, 2.24) is 24.8 Å². The molecule has 0 saturated carbocycles. The fraction of sp³-hybridized carbons (Fsp3) is 0.286. The number of rotatable bonds is 7. The molecule has 2 heterocycles.